The summed E-state index contributed by atoms with van der Waals surface area (Å²) in [6, 6.07) is 11.6. The summed E-state index contributed by atoms with van der Waals surface area (Å²) < 4.78 is 24.1. The summed E-state index contributed by atoms with van der Waals surface area (Å²) in [6.45, 7) is 0. The van der Waals surface area contributed by atoms with Crippen LogP contribution in [0.25, 0.3) is 21.7 Å². The number of hydrogen-bond acceptors (Lipinski definition) is 5. The Labute approximate surface area is 175 Å². The minimum absolute atomic E-state index is 0.0563. The zero-order valence-electron chi connectivity index (χ0n) is 16.0. The number of benzene rings is 3. The lowest BCUT2D eigenvalue weighted by Gasteiger charge is -2.15. The van der Waals surface area contributed by atoms with Crippen molar-refractivity contribution in [3.63, 3.8) is 0 Å². The predicted octanol–water partition coefficient (Wildman–Crippen LogP) is 5.11. The molecule has 1 heterocycles. The largest absolute Gasteiger partial charge is 0.493 e. The Hall–Kier alpha value is -3.76. The molecule has 0 saturated carbocycles. The third-order valence-electron chi connectivity index (χ3n) is 4.80. The second-order valence-corrected chi connectivity index (χ2v) is 6.88. The molecule has 0 spiro atoms. The molecule has 30 heavy (non-hydrogen) atoms. The van der Waals surface area contributed by atoms with E-state index in [9.17, 15) is 14.4 Å². The van der Waals surface area contributed by atoms with Crippen molar-refractivity contribution in [2.75, 3.05) is 19.5 Å². The number of rotatable bonds is 4. The number of aromatic nitrogens is 1. The molecule has 150 valence electrons. The van der Waals surface area contributed by atoms with Crippen molar-refractivity contribution < 1.29 is 13.9 Å². The number of nitriles is 1. The van der Waals surface area contributed by atoms with E-state index in [0.29, 0.717) is 27.8 Å². The fourth-order valence-corrected chi connectivity index (χ4v) is 3.61. The number of hydrogen-bond donors (Lipinski definition) is 2. The third-order valence-corrected chi connectivity index (χ3v) is 5.18. The molecule has 0 aliphatic heterocycles. The van der Waals surface area contributed by atoms with Crippen molar-refractivity contribution in [2.24, 2.45) is 0 Å². The van der Waals surface area contributed by atoms with Crippen molar-refractivity contribution in [1.29, 1.82) is 5.26 Å². The monoisotopic (exact) mass is 423 g/mol. The fourth-order valence-electron chi connectivity index (χ4n) is 3.33. The second kappa shape index (κ2) is 7.58. The van der Waals surface area contributed by atoms with Crippen molar-refractivity contribution in [1.82, 2.24) is 4.98 Å². The number of nitrogens with one attached hydrogen (secondary N) is 2. The SMILES string of the molecule is COc1c(F)ccc(Nc2c(C#N)c[nH]c3cc4cc(=O)c(OC)cc4cc23)c1Cl. The van der Waals surface area contributed by atoms with E-state index in [2.05, 4.69) is 16.4 Å². The number of pyridine rings is 1. The fraction of sp³-hybridized carbons (Fsp3) is 0.0909. The first-order valence-corrected chi connectivity index (χ1v) is 9.21. The molecule has 0 amide bonds. The second-order valence-electron chi connectivity index (χ2n) is 6.50. The molecule has 4 rings (SSSR count). The summed E-state index contributed by atoms with van der Waals surface area (Å²) in [4.78, 5) is 15.2. The number of methoxy groups -OCH3 is 2. The number of halogens is 2. The van der Waals surface area contributed by atoms with Gasteiger partial charge in [0.15, 0.2) is 17.3 Å². The third kappa shape index (κ3) is 3.17. The predicted molar refractivity (Wildman–Crippen MR) is 115 cm³/mol. The molecule has 3 aromatic carbocycles. The first-order chi connectivity index (χ1) is 14.5. The van der Waals surface area contributed by atoms with Crippen LogP contribution in [0, 0.1) is 17.1 Å². The van der Waals surface area contributed by atoms with Crippen LogP contribution >= 0.6 is 11.6 Å². The van der Waals surface area contributed by atoms with Crippen LogP contribution in [0.15, 0.2) is 47.4 Å². The van der Waals surface area contributed by atoms with Gasteiger partial charge in [0, 0.05) is 17.1 Å². The quantitative estimate of drug-likeness (QED) is 0.445. The maximum absolute atomic E-state index is 13.9. The standard InChI is InChI=1S/C22H15ClFN3O3/c1-29-19-8-11-5-14-17(6-12(11)7-18(19)28)26-10-13(9-25)21(14)27-16-4-3-15(24)22(30-2)20(16)23/h3-8,10,26-27H,1-2H3. The topological polar surface area (TPSA) is 87.1 Å². The number of fused-ring (bicyclic) bond motifs is 2. The smallest absolute Gasteiger partial charge is 0.220 e. The van der Waals surface area contributed by atoms with Crippen molar-refractivity contribution in [2.45, 2.75) is 0 Å². The lowest BCUT2D eigenvalue weighted by Crippen LogP contribution is -2.03. The van der Waals surface area contributed by atoms with E-state index in [1.807, 2.05) is 12.1 Å². The number of aromatic amines is 1. The van der Waals surface area contributed by atoms with Gasteiger partial charge in [-0.3, -0.25) is 4.79 Å². The average molecular weight is 424 g/mol. The van der Waals surface area contributed by atoms with Crippen LogP contribution in [0.3, 0.4) is 0 Å². The van der Waals surface area contributed by atoms with Gasteiger partial charge < -0.3 is 19.8 Å². The molecule has 0 atom stereocenters. The van der Waals surface area contributed by atoms with Crippen LogP contribution in [0.2, 0.25) is 5.02 Å². The Morgan fingerprint density at radius 2 is 1.90 bits per heavy atom. The Morgan fingerprint density at radius 1 is 1.13 bits per heavy atom. The van der Waals surface area contributed by atoms with E-state index in [1.165, 1.54) is 32.4 Å². The van der Waals surface area contributed by atoms with Gasteiger partial charge in [0.05, 0.1) is 31.2 Å². The van der Waals surface area contributed by atoms with E-state index >= 15 is 0 Å². The highest BCUT2D eigenvalue weighted by Gasteiger charge is 2.16. The van der Waals surface area contributed by atoms with Crippen molar-refractivity contribution in [3.05, 3.63) is 69.2 Å². The van der Waals surface area contributed by atoms with Gasteiger partial charge in [0.25, 0.3) is 0 Å². The molecule has 0 radical (unpaired) electrons. The van der Waals surface area contributed by atoms with Gasteiger partial charge >= 0.3 is 0 Å². The molecular weight excluding hydrogens is 409 g/mol. The van der Waals surface area contributed by atoms with Crippen LogP contribution in [-0.4, -0.2) is 19.2 Å². The highest BCUT2D eigenvalue weighted by atomic mass is 35.5. The van der Waals surface area contributed by atoms with Gasteiger partial charge in [0.1, 0.15) is 11.1 Å². The Balaban J connectivity index is 1.97. The van der Waals surface area contributed by atoms with E-state index < -0.39 is 5.82 Å². The van der Waals surface area contributed by atoms with Crippen LogP contribution in [0.4, 0.5) is 15.8 Å². The summed E-state index contributed by atoms with van der Waals surface area (Å²) in [5.74, 6) is -0.459. The van der Waals surface area contributed by atoms with E-state index in [1.54, 1.807) is 12.3 Å². The number of ether oxygens (including phenoxy) is 2. The Kier molecular flexibility index (Phi) is 4.94. The normalized spacial score (nSPS) is 10.8. The number of nitrogens with zero attached hydrogens (tertiary/aromatic N) is 1. The average Bonchev–Trinajstić information content (AvgIpc) is 2.74. The maximum Gasteiger partial charge on any atom is 0.220 e. The summed E-state index contributed by atoms with van der Waals surface area (Å²) in [7, 11) is 2.76. The maximum atomic E-state index is 13.9. The summed E-state index contributed by atoms with van der Waals surface area (Å²) >= 11 is 6.29. The molecule has 0 bridgehead atoms. The summed E-state index contributed by atoms with van der Waals surface area (Å²) in [5.41, 5.74) is 1.66. The molecule has 6 nitrogen and oxygen atoms in total. The van der Waals surface area contributed by atoms with Gasteiger partial charge in [-0.25, -0.2) is 4.39 Å². The van der Waals surface area contributed by atoms with Crippen LogP contribution < -0.4 is 20.2 Å². The van der Waals surface area contributed by atoms with Gasteiger partial charge in [0.2, 0.25) is 5.43 Å². The highest BCUT2D eigenvalue weighted by Crippen LogP contribution is 2.38. The molecule has 2 N–H and O–H groups in total. The van der Waals surface area contributed by atoms with Crippen molar-refractivity contribution >= 4 is 44.7 Å². The zero-order chi connectivity index (χ0) is 21.4. The molecule has 4 aromatic rings. The Bertz CT molecular complexity index is 1410. The molecule has 0 aliphatic rings. The van der Waals surface area contributed by atoms with E-state index in [-0.39, 0.29) is 22.0 Å². The van der Waals surface area contributed by atoms with E-state index in [0.717, 1.165) is 10.8 Å². The zero-order valence-corrected chi connectivity index (χ0v) is 16.7. The van der Waals surface area contributed by atoms with Crippen molar-refractivity contribution in [3.8, 4) is 17.6 Å². The first-order valence-electron chi connectivity index (χ1n) is 8.83. The Morgan fingerprint density at radius 3 is 2.60 bits per heavy atom. The van der Waals surface area contributed by atoms with Gasteiger partial charge in [-0.05, 0) is 47.2 Å². The summed E-state index contributed by atoms with van der Waals surface area (Å²) in [6.07, 6.45) is 1.55. The molecule has 0 saturated heterocycles. The number of H-pyrrole nitrogens is 1. The van der Waals surface area contributed by atoms with Gasteiger partial charge in [-0.2, -0.15) is 5.26 Å². The van der Waals surface area contributed by atoms with Crippen LogP contribution in [-0.2, 0) is 0 Å². The molecule has 0 fully saturated rings. The molecular formula is C22H15ClFN3O3. The lowest BCUT2D eigenvalue weighted by atomic mass is 10.0. The minimum Gasteiger partial charge on any atom is -0.493 e. The van der Waals surface area contributed by atoms with Gasteiger partial charge in [-0.1, -0.05) is 11.6 Å². The summed E-state index contributed by atoms with van der Waals surface area (Å²) in [5, 5.41) is 15.0. The minimum atomic E-state index is -0.591. The first kappa shape index (κ1) is 19.6. The molecule has 0 unspecified atom stereocenters. The number of anilines is 2. The molecule has 0 aliphatic carbocycles. The van der Waals surface area contributed by atoms with Gasteiger partial charge in [-0.15, -0.1) is 0 Å². The molecule has 1 aromatic heterocycles. The van der Waals surface area contributed by atoms with Crippen LogP contribution in [0.1, 0.15) is 5.56 Å². The molecule has 8 heteroatoms. The van der Waals surface area contributed by atoms with Crippen LogP contribution in [0.5, 0.6) is 11.5 Å². The highest BCUT2D eigenvalue weighted by molar-refractivity contribution is 6.35. The van der Waals surface area contributed by atoms with E-state index in [4.69, 9.17) is 21.1 Å². The lowest BCUT2D eigenvalue weighted by molar-refractivity contribution is 0.387.